The lowest BCUT2D eigenvalue weighted by Gasteiger charge is -2.13. The summed E-state index contributed by atoms with van der Waals surface area (Å²) in [6.45, 7) is 3.92. The van der Waals surface area contributed by atoms with Crippen molar-refractivity contribution in [2.75, 3.05) is 5.32 Å². The molecule has 3 aromatic rings. The van der Waals surface area contributed by atoms with Crippen LogP contribution in [0.5, 0.6) is 0 Å². The Kier molecular flexibility index (Phi) is 5.52. The number of fused-ring (bicyclic) bond motifs is 1. The van der Waals surface area contributed by atoms with Crippen molar-refractivity contribution < 1.29 is 18.4 Å². The van der Waals surface area contributed by atoms with E-state index in [4.69, 9.17) is 8.83 Å². The van der Waals surface area contributed by atoms with E-state index in [2.05, 4.69) is 22.8 Å². The summed E-state index contributed by atoms with van der Waals surface area (Å²) in [6, 6.07) is 10.9. The van der Waals surface area contributed by atoms with E-state index in [1.165, 1.54) is 11.8 Å². The Morgan fingerprint density at radius 2 is 1.90 bits per heavy atom. The van der Waals surface area contributed by atoms with Gasteiger partial charge in [0.1, 0.15) is 5.76 Å². The Morgan fingerprint density at radius 3 is 2.60 bits per heavy atom. The van der Waals surface area contributed by atoms with Gasteiger partial charge in [-0.2, -0.15) is 5.10 Å². The van der Waals surface area contributed by atoms with E-state index in [1.807, 2.05) is 31.2 Å². The molecule has 1 aromatic carbocycles. The van der Waals surface area contributed by atoms with Crippen LogP contribution in [0.25, 0.3) is 0 Å². The minimum atomic E-state index is -0.422. The molecule has 30 heavy (non-hydrogen) atoms. The first-order valence-corrected chi connectivity index (χ1v) is 10.00. The topological polar surface area (TPSA) is 96.8 Å². The maximum atomic E-state index is 12.8. The number of hydrogen-bond donors (Lipinski definition) is 2. The zero-order chi connectivity index (χ0) is 21.1. The summed E-state index contributed by atoms with van der Waals surface area (Å²) >= 11 is 0. The fourth-order valence-corrected chi connectivity index (χ4v) is 3.59. The summed E-state index contributed by atoms with van der Waals surface area (Å²) < 4.78 is 11.0. The molecule has 0 atom stereocenters. The summed E-state index contributed by atoms with van der Waals surface area (Å²) in [6.07, 6.45) is 4.61. The van der Waals surface area contributed by atoms with Gasteiger partial charge >= 0.3 is 5.91 Å². The average molecular weight is 405 g/mol. The van der Waals surface area contributed by atoms with E-state index in [0.29, 0.717) is 17.8 Å². The van der Waals surface area contributed by atoms with Crippen LogP contribution in [-0.4, -0.2) is 17.5 Å². The van der Waals surface area contributed by atoms with Crippen LogP contribution < -0.4 is 10.7 Å². The number of anilines is 1. The smallest absolute Gasteiger partial charge is 0.307 e. The fraction of sp³-hybridized carbons (Fsp3) is 0.261. The van der Waals surface area contributed by atoms with Crippen LogP contribution in [0, 0.1) is 6.92 Å². The molecule has 0 unspecified atom stereocenters. The van der Waals surface area contributed by atoms with Crippen LogP contribution in [0.2, 0.25) is 0 Å². The van der Waals surface area contributed by atoms with Crippen molar-refractivity contribution in [3.05, 3.63) is 76.6 Å². The normalized spacial score (nSPS) is 14.4. The summed E-state index contributed by atoms with van der Waals surface area (Å²) in [5, 5.41) is 7.17. The monoisotopic (exact) mass is 405 g/mol. The molecule has 0 saturated heterocycles. The molecule has 4 rings (SSSR count). The molecule has 1 aliphatic rings. The van der Waals surface area contributed by atoms with Crippen LogP contribution in [-0.2, 0) is 12.8 Å². The molecule has 7 nitrogen and oxygen atoms in total. The van der Waals surface area contributed by atoms with Gasteiger partial charge in [0.15, 0.2) is 11.5 Å². The van der Waals surface area contributed by atoms with Gasteiger partial charge in [0.2, 0.25) is 0 Å². The van der Waals surface area contributed by atoms with Gasteiger partial charge in [-0.15, -0.1) is 0 Å². The average Bonchev–Trinajstić information content (AvgIpc) is 3.41. The Balaban J connectivity index is 1.55. The Hall–Kier alpha value is -3.61. The summed E-state index contributed by atoms with van der Waals surface area (Å²) in [4.78, 5) is 24.9. The number of carbonyl (C=O) groups excluding carboxylic acids is 2. The number of rotatable bonds is 5. The standard InChI is InChI=1S/C23H23N3O4/c1-3-15-9-11-16(12-10-15)24-23(28)21-14(2)20-17(6-4-7-18(20)30-21)25-26-22(27)19-8-5-13-29-19/h5,8-13H,3-4,6-7H2,1-2H3,(H,24,28)(H,26,27)/b25-17+. The van der Waals surface area contributed by atoms with Gasteiger partial charge in [-0.1, -0.05) is 19.1 Å². The SMILES string of the molecule is CCc1ccc(NC(=O)c2oc3c(c2C)/C(=N/NC(=O)c2ccco2)CCC3)cc1. The zero-order valence-corrected chi connectivity index (χ0v) is 17.0. The van der Waals surface area contributed by atoms with Gasteiger partial charge in [0.25, 0.3) is 5.91 Å². The second-order valence-electron chi connectivity index (χ2n) is 7.19. The highest BCUT2D eigenvalue weighted by Gasteiger charge is 2.28. The molecule has 2 aromatic heterocycles. The zero-order valence-electron chi connectivity index (χ0n) is 17.0. The number of aryl methyl sites for hydroxylation is 2. The number of hydrazone groups is 1. The van der Waals surface area contributed by atoms with Crippen molar-refractivity contribution >= 4 is 23.2 Å². The minimum Gasteiger partial charge on any atom is -0.459 e. The molecule has 1 aliphatic carbocycles. The highest BCUT2D eigenvalue weighted by molar-refractivity contribution is 6.09. The maximum Gasteiger partial charge on any atom is 0.307 e. The number of amides is 2. The van der Waals surface area contributed by atoms with Gasteiger partial charge in [-0.05, 0) is 56.0 Å². The molecule has 0 spiro atoms. The first kappa shape index (κ1) is 19.7. The Bertz CT molecular complexity index is 1090. The van der Waals surface area contributed by atoms with E-state index in [0.717, 1.165) is 36.1 Å². The molecule has 0 radical (unpaired) electrons. The van der Waals surface area contributed by atoms with Gasteiger partial charge in [-0.3, -0.25) is 9.59 Å². The predicted molar refractivity (Wildman–Crippen MR) is 113 cm³/mol. The fourth-order valence-electron chi connectivity index (χ4n) is 3.59. The van der Waals surface area contributed by atoms with Gasteiger partial charge < -0.3 is 14.2 Å². The molecule has 154 valence electrons. The van der Waals surface area contributed by atoms with Crippen LogP contribution in [0.3, 0.4) is 0 Å². The summed E-state index contributed by atoms with van der Waals surface area (Å²) in [5.41, 5.74) is 6.66. The second kappa shape index (κ2) is 8.41. The van der Waals surface area contributed by atoms with E-state index < -0.39 is 5.91 Å². The molecule has 0 bridgehead atoms. The van der Waals surface area contributed by atoms with Crippen LogP contribution >= 0.6 is 0 Å². The number of nitrogens with zero attached hydrogens (tertiary/aromatic N) is 1. The second-order valence-corrected chi connectivity index (χ2v) is 7.19. The molecule has 0 saturated carbocycles. The molecule has 2 amide bonds. The largest absolute Gasteiger partial charge is 0.459 e. The van der Waals surface area contributed by atoms with Crippen molar-refractivity contribution in [1.82, 2.24) is 5.43 Å². The van der Waals surface area contributed by atoms with Crippen molar-refractivity contribution in [3.8, 4) is 0 Å². The number of furan rings is 2. The van der Waals surface area contributed by atoms with Gasteiger partial charge in [0.05, 0.1) is 12.0 Å². The lowest BCUT2D eigenvalue weighted by atomic mass is 9.93. The lowest BCUT2D eigenvalue weighted by molar-refractivity contribution is 0.0926. The van der Waals surface area contributed by atoms with Crippen molar-refractivity contribution in [3.63, 3.8) is 0 Å². The summed E-state index contributed by atoms with van der Waals surface area (Å²) in [5.74, 6) is 0.454. The molecule has 0 aliphatic heterocycles. The van der Waals surface area contributed by atoms with E-state index >= 15 is 0 Å². The third-order valence-corrected chi connectivity index (χ3v) is 5.19. The molecule has 7 heteroatoms. The predicted octanol–water partition coefficient (Wildman–Crippen LogP) is 4.47. The molecule has 0 fully saturated rings. The quantitative estimate of drug-likeness (QED) is 0.612. The lowest BCUT2D eigenvalue weighted by Crippen LogP contribution is -2.21. The summed E-state index contributed by atoms with van der Waals surface area (Å²) in [7, 11) is 0. The first-order valence-electron chi connectivity index (χ1n) is 10.00. The third kappa shape index (κ3) is 3.91. The van der Waals surface area contributed by atoms with E-state index in [-0.39, 0.29) is 17.4 Å². The van der Waals surface area contributed by atoms with Crippen LogP contribution in [0.15, 0.2) is 56.6 Å². The number of nitrogens with one attached hydrogen (secondary N) is 2. The molecular weight excluding hydrogens is 382 g/mol. The Labute approximate surface area is 174 Å². The molecular formula is C23H23N3O4. The maximum absolute atomic E-state index is 12.8. The van der Waals surface area contributed by atoms with Crippen molar-refractivity contribution in [2.24, 2.45) is 5.10 Å². The number of hydrogen-bond acceptors (Lipinski definition) is 5. The first-order chi connectivity index (χ1) is 14.6. The Morgan fingerprint density at radius 1 is 1.10 bits per heavy atom. The minimum absolute atomic E-state index is 0.188. The van der Waals surface area contributed by atoms with Crippen LogP contribution in [0.4, 0.5) is 5.69 Å². The van der Waals surface area contributed by atoms with Crippen LogP contribution in [0.1, 0.15) is 63.3 Å². The highest BCUT2D eigenvalue weighted by Crippen LogP contribution is 2.30. The number of carbonyl (C=O) groups is 2. The van der Waals surface area contributed by atoms with Crippen molar-refractivity contribution in [2.45, 2.75) is 39.5 Å². The van der Waals surface area contributed by atoms with E-state index in [9.17, 15) is 9.59 Å². The molecule has 2 N–H and O–H groups in total. The number of benzene rings is 1. The molecule has 2 heterocycles. The van der Waals surface area contributed by atoms with E-state index in [1.54, 1.807) is 12.1 Å². The third-order valence-electron chi connectivity index (χ3n) is 5.19. The van der Waals surface area contributed by atoms with Crippen molar-refractivity contribution in [1.29, 1.82) is 0 Å². The van der Waals surface area contributed by atoms with Gasteiger partial charge in [-0.25, -0.2) is 5.43 Å². The van der Waals surface area contributed by atoms with Gasteiger partial charge in [0, 0.05) is 23.2 Å². The highest BCUT2D eigenvalue weighted by atomic mass is 16.4.